The standard InChI is InChI=1S/C13H15F2NO2/c14-10-5-4-9(8-11(10)15)12(13(17)18)16-6-2-1-3-7-16/h4-5,8,12H,1-3,6-7H2,(H,17,18)/t12-/m1/s1. The Hall–Kier alpha value is -1.49. The van der Waals surface area contributed by atoms with E-state index in [1.807, 2.05) is 0 Å². The molecule has 0 bridgehead atoms. The lowest BCUT2D eigenvalue weighted by Gasteiger charge is -2.32. The van der Waals surface area contributed by atoms with Crippen molar-refractivity contribution in [3.05, 3.63) is 35.4 Å². The van der Waals surface area contributed by atoms with Gasteiger partial charge in [0.15, 0.2) is 11.6 Å². The molecule has 1 aromatic carbocycles. The van der Waals surface area contributed by atoms with Gasteiger partial charge in [0.2, 0.25) is 0 Å². The normalized spacial score (nSPS) is 18.6. The highest BCUT2D eigenvalue weighted by atomic mass is 19.2. The van der Waals surface area contributed by atoms with Crippen molar-refractivity contribution < 1.29 is 18.7 Å². The molecule has 18 heavy (non-hydrogen) atoms. The smallest absolute Gasteiger partial charge is 0.325 e. The lowest BCUT2D eigenvalue weighted by Crippen LogP contribution is -2.37. The van der Waals surface area contributed by atoms with Gasteiger partial charge in [0.05, 0.1) is 0 Å². The van der Waals surface area contributed by atoms with Gasteiger partial charge < -0.3 is 5.11 Å². The van der Waals surface area contributed by atoms with Crippen molar-refractivity contribution in [1.82, 2.24) is 4.90 Å². The third kappa shape index (κ3) is 2.67. The van der Waals surface area contributed by atoms with Gasteiger partial charge in [-0.25, -0.2) is 8.78 Å². The number of carboxylic acid groups (broad SMARTS) is 1. The van der Waals surface area contributed by atoms with E-state index in [-0.39, 0.29) is 0 Å². The molecule has 0 unspecified atom stereocenters. The molecule has 2 rings (SSSR count). The van der Waals surface area contributed by atoms with Gasteiger partial charge in [-0.3, -0.25) is 9.69 Å². The fourth-order valence-electron chi connectivity index (χ4n) is 2.37. The predicted octanol–water partition coefficient (Wildman–Crippen LogP) is 2.58. The molecule has 3 nitrogen and oxygen atoms in total. The molecule has 0 aliphatic carbocycles. The molecule has 0 amide bonds. The van der Waals surface area contributed by atoms with E-state index in [2.05, 4.69) is 0 Å². The van der Waals surface area contributed by atoms with Crippen molar-refractivity contribution >= 4 is 5.97 Å². The minimum Gasteiger partial charge on any atom is -0.480 e. The van der Waals surface area contributed by atoms with Gasteiger partial charge in [-0.15, -0.1) is 0 Å². The summed E-state index contributed by atoms with van der Waals surface area (Å²) in [5.41, 5.74) is 0.295. The number of nitrogens with zero attached hydrogens (tertiary/aromatic N) is 1. The SMILES string of the molecule is O=C(O)[C@@H](c1ccc(F)c(F)c1)N1CCCCC1. The number of hydrogen-bond acceptors (Lipinski definition) is 2. The molecule has 1 heterocycles. The van der Waals surface area contributed by atoms with Gasteiger partial charge in [0.1, 0.15) is 6.04 Å². The first-order valence-corrected chi connectivity index (χ1v) is 6.01. The minimum absolute atomic E-state index is 0.295. The summed E-state index contributed by atoms with van der Waals surface area (Å²) in [7, 11) is 0. The molecule has 5 heteroatoms. The van der Waals surface area contributed by atoms with Gasteiger partial charge in [0.25, 0.3) is 0 Å². The van der Waals surface area contributed by atoms with Gasteiger partial charge in [0, 0.05) is 0 Å². The van der Waals surface area contributed by atoms with Crippen molar-refractivity contribution in [2.45, 2.75) is 25.3 Å². The molecule has 0 spiro atoms. The summed E-state index contributed by atoms with van der Waals surface area (Å²) in [6.45, 7) is 1.35. The fraction of sp³-hybridized carbons (Fsp3) is 0.462. The number of piperidine rings is 1. The molecular weight excluding hydrogens is 240 g/mol. The number of rotatable bonds is 3. The van der Waals surface area contributed by atoms with E-state index in [4.69, 9.17) is 0 Å². The maximum atomic E-state index is 13.2. The second-order valence-corrected chi connectivity index (χ2v) is 4.51. The van der Waals surface area contributed by atoms with Crippen LogP contribution in [0.15, 0.2) is 18.2 Å². The molecule has 0 radical (unpaired) electrons. The summed E-state index contributed by atoms with van der Waals surface area (Å²) in [4.78, 5) is 13.1. The first-order valence-electron chi connectivity index (χ1n) is 6.01. The quantitative estimate of drug-likeness (QED) is 0.902. The third-order valence-electron chi connectivity index (χ3n) is 3.25. The van der Waals surface area contributed by atoms with Crippen LogP contribution in [-0.4, -0.2) is 29.1 Å². The zero-order valence-corrected chi connectivity index (χ0v) is 9.90. The average Bonchev–Trinajstić information content (AvgIpc) is 2.35. The number of carbonyl (C=O) groups is 1. The van der Waals surface area contributed by atoms with Crippen LogP contribution in [-0.2, 0) is 4.79 Å². The molecule has 1 fully saturated rings. The van der Waals surface area contributed by atoms with E-state index in [9.17, 15) is 18.7 Å². The zero-order chi connectivity index (χ0) is 13.1. The molecule has 1 aliphatic heterocycles. The Kier molecular flexibility index (Phi) is 3.91. The monoisotopic (exact) mass is 255 g/mol. The van der Waals surface area contributed by atoms with Crippen molar-refractivity contribution in [1.29, 1.82) is 0 Å². The topological polar surface area (TPSA) is 40.5 Å². The Morgan fingerprint density at radius 3 is 2.39 bits per heavy atom. The summed E-state index contributed by atoms with van der Waals surface area (Å²) in [6, 6.07) is 2.40. The van der Waals surface area contributed by atoms with Crippen LogP contribution >= 0.6 is 0 Å². The van der Waals surface area contributed by atoms with Gasteiger partial charge in [-0.2, -0.15) is 0 Å². The summed E-state index contributed by atoms with van der Waals surface area (Å²) >= 11 is 0. The van der Waals surface area contributed by atoms with Crippen LogP contribution in [0.3, 0.4) is 0 Å². The molecule has 1 aromatic rings. The minimum atomic E-state index is -1.03. The summed E-state index contributed by atoms with van der Waals surface area (Å²) in [5.74, 6) is -2.99. The summed E-state index contributed by atoms with van der Waals surface area (Å²) < 4.78 is 26.1. The molecule has 1 aliphatic rings. The molecule has 98 valence electrons. The summed E-state index contributed by atoms with van der Waals surface area (Å²) in [6.07, 6.45) is 2.96. The van der Waals surface area contributed by atoms with Crippen LogP contribution in [0.5, 0.6) is 0 Å². The highest BCUT2D eigenvalue weighted by Gasteiger charge is 2.28. The number of benzene rings is 1. The van der Waals surface area contributed by atoms with E-state index in [1.165, 1.54) is 6.07 Å². The number of likely N-dealkylation sites (tertiary alicyclic amines) is 1. The van der Waals surface area contributed by atoms with E-state index < -0.39 is 23.6 Å². The maximum absolute atomic E-state index is 13.2. The van der Waals surface area contributed by atoms with E-state index in [1.54, 1.807) is 4.90 Å². The highest BCUT2D eigenvalue weighted by molar-refractivity contribution is 5.75. The molecule has 1 atom stereocenters. The third-order valence-corrected chi connectivity index (χ3v) is 3.25. The second kappa shape index (κ2) is 5.44. The number of halogens is 2. The van der Waals surface area contributed by atoms with E-state index in [0.29, 0.717) is 18.7 Å². The van der Waals surface area contributed by atoms with Crippen LogP contribution in [0.4, 0.5) is 8.78 Å². The Labute approximate surface area is 104 Å². The number of hydrogen-bond donors (Lipinski definition) is 1. The van der Waals surface area contributed by atoms with Crippen LogP contribution < -0.4 is 0 Å². The summed E-state index contributed by atoms with van der Waals surface area (Å²) in [5, 5.41) is 9.28. The highest BCUT2D eigenvalue weighted by Crippen LogP contribution is 2.26. The van der Waals surface area contributed by atoms with Crippen molar-refractivity contribution in [3.8, 4) is 0 Å². The fourth-order valence-corrected chi connectivity index (χ4v) is 2.37. The molecule has 0 saturated carbocycles. The van der Waals surface area contributed by atoms with Gasteiger partial charge in [-0.1, -0.05) is 12.5 Å². The first kappa shape index (κ1) is 13.0. The number of aliphatic carboxylic acids is 1. The largest absolute Gasteiger partial charge is 0.480 e. The number of carboxylic acids is 1. The van der Waals surface area contributed by atoms with E-state index >= 15 is 0 Å². The van der Waals surface area contributed by atoms with Crippen molar-refractivity contribution in [2.75, 3.05) is 13.1 Å². The van der Waals surface area contributed by atoms with Crippen LogP contribution in [0.2, 0.25) is 0 Å². The van der Waals surface area contributed by atoms with Gasteiger partial charge in [-0.05, 0) is 43.6 Å². The molecule has 1 saturated heterocycles. The van der Waals surface area contributed by atoms with Crippen LogP contribution in [0.1, 0.15) is 30.9 Å². The second-order valence-electron chi connectivity index (χ2n) is 4.51. The lowest BCUT2D eigenvalue weighted by atomic mass is 10.0. The molecule has 1 N–H and O–H groups in total. The van der Waals surface area contributed by atoms with Crippen molar-refractivity contribution in [2.24, 2.45) is 0 Å². The van der Waals surface area contributed by atoms with E-state index in [0.717, 1.165) is 31.4 Å². The first-order chi connectivity index (χ1) is 8.59. The Bertz CT molecular complexity index is 445. The molecular formula is C13H15F2NO2. The Morgan fingerprint density at radius 2 is 1.83 bits per heavy atom. The van der Waals surface area contributed by atoms with Gasteiger partial charge >= 0.3 is 5.97 Å². The average molecular weight is 255 g/mol. The van der Waals surface area contributed by atoms with Crippen LogP contribution in [0, 0.1) is 11.6 Å². The molecule has 0 aromatic heterocycles. The predicted molar refractivity (Wildman–Crippen MR) is 62.2 cm³/mol. The van der Waals surface area contributed by atoms with Crippen LogP contribution in [0.25, 0.3) is 0 Å². The Balaban J connectivity index is 2.28. The zero-order valence-electron chi connectivity index (χ0n) is 9.90. The Morgan fingerprint density at radius 1 is 1.17 bits per heavy atom. The van der Waals surface area contributed by atoms with Crippen molar-refractivity contribution in [3.63, 3.8) is 0 Å². The lowest BCUT2D eigenvalue weighted by molar-refractivity contribution is -0.144. The maximum Gasteiger partial charge on any atom is 0.325 e.